The molecule has 0 saturated carbocycles. The van der Waals surface area contributed by atoms with Crippen LogP contribution in [-0.4, -0.2) is 18.2 Å². The molecule has 0 unspecified atom stereocenters. The van der Waals surface area contributed by atoms with Crippen molar-refractivity contribution in [3.05, 3.63) is 17.0 Å². The van der Waals surface area contributed by atoms with Crippen LogP contribution in [0.5, 0.6) is 0 Å². The van der Waals surface area contributed by atoms with Gasteiger partial charge in [-0.2, -0.15) is 0 Å². The first-order valence-corrected chi connectivity index (χ1v) is 3.28. The van der Waals surface area contributed by atoms with Crippen LogP contribution in [-0.2, 0) is 16.0 Å². The van der Waals surface area contributed by atoms with Crippen molar-refractivity contribution >= 4 is 17.6 Å². The standard InChI is InChI=1S/C6H6ClNO3/c1-10-6(9)3-4-2-5(7)11-8-4/h2H,3H2,1H3. The number of rotatable bonds is 2. The van der Waals surface area contributed by atoms with Gasteiger partial charge in [-0.25, -0.2) is 0 Å². The van der Waals surface area contributed by atoms with Crippen LogP contribution < -0.4 is 0 Å². The minimum Gasteiger partial charge on any atom is -0.469 e. The van der Waals surface area contributed by atoms with Crippen molar-refractivity contribution < 1.29 is 14.1 Å². The Morgan fingerprint density at radius 2 is 2.64 bits per heavy atom. The molecule has 11 heavy (non-hydrogen) atoms. The number of hydrogen-bond donors (Lipinski definition) is 0. The summed E-state index contributed by atoms with van der Waals surface area (Å²) in [5.74, 6) is -0.366. The fourth-order valence-electron chi connectivity index (χ4n) is 0.589. The first-order chi connectivity index (χ1) is 5.22. The van der Waals surface area contributed by atoms with E-state index in [1.165, 1.54) is 13.2 Å². The summed E-state index contributed by atoms with van der Waals surface area (Å²) in [4.78, 5) is 10.6. The lowest BCUT2D eigenvalue weighted by molar-refractivity contribution is -0.139. The van der Waals surface area contributed by atoms with Gasteiger partial charge in [-0.1, -0.05) is 5.16 Å². The number of esters is 1. The Labute approximate surface area is 68.1 Å². The number of hydrogen-bond acceptors (Lipinski definition) is 4. The molecular weight excluding hydrogens is 170 g/mol. The normalized spacial score (nSPS) is 9.64. The van der Waals surface area contributed by atoms with Crippen molar-refractivity contribution in [3.8, 4) is 0 Å². The molecule has 0 spiro atoms. The monoisotopic (exact) mass is 175 g/mol. The van der Waals surface area contributed by atoms with Crippen LogP contribution in [0.2, 0.25) is 5.22 Å². The molecule has 0 aliphatic heterocycles. The van der Waals surface area contributed by atoms with Gasteiger partial charge >= 0.3 is 5.97 Å². The Morgan fingerprint density at radius 3 is 3.09 bits per heavy atom. The predicted molar refractivity (Wildman–Crippen MR) is 37.2 cm³/mol. The fraction of sp³-hybridized carbons (Fsp3) is 0.333. The molecule has 1 heterocycles. The predicted octanol–water partition coefficient (Wildman–Crippen LogP) is 1.04. The number of methoxy groups -OCH3 is 1. The lowest BCUT2D eigenvalue weighted by Crippen LogP contribution is -2.04. The highest BCUT2D eigenvalue weighted by Gasteiger charge is 2.07. The molecule has 4 nitrogen and oxygen atoms in total. The summed E-state index contributed by atoms with van der Waals surface area (Å²) in [6, 6.07) is 1.47. The first kappa shape index (κ1) is 8.07. The maximum absolute atomic E-state index is 10.6. The van der Waals surface area contributed by atoms with Gasteiger partial charge in [-0.15, -0.1) is 0 Å². The van der Waals surface area contributed by atoms with Crippen LogP contribution in [0.25, 0.3) is 0 Å². The zero-order valence-electron chi connectivity index (χ0n) is 5.83. The van der Waals surface area contributed by atoms with E-state index in [4.69, 9.17) is 11.6 Å². The van der Waals surface area contributed by atoms with Gasteiger partial charge in [0.15, 0.2) is 0 Å². The molecule has 0 N–H and O–H groups in total. The van der Waals surface area contributed by atoms with E-state index in [1.807, 2.05) is 0 Å². The maximum atomic E-state index is 10.6. The molecule has 60 valence electrons. The third-order valence-electron chi connectivity index (χ3n) is 1.08. The van der Waals surface area contributed by atoms with E-state index in [2.05, 4.69) is 14.4 Å². The largest absolute Gasteiger partial charge is 0.469 e. The average molecular weight is 176 g/mol. The number of carbonyl (C=O) groups excluding carboxylic acids is 1. The number of carbonyl (C=O) groups is 1. The molecule has 0 radical (unpaired) electrons. The molecule has 0 fully saturated rings. The van der Waals surface area contributed by atoms with E-state index >= 15 is 0 Å². The molecule has 0 bridgehead atoms. The van der Waals surface area contributed by atoms with Crippen LogP contribution in [0.1, 0.15) is 5.69 Å². The Kier molecular flexibility index (Phi) is 2.48. The van der Waals surface area contributed by atoms with Crippen molar-refractivity contribution in [1.29, 1.82) is 0 Å². The van der Waals surface area contributed by atoms with E-state index in [0.717, 1.165) is 0 Å². The Bertz CT molecular complexity index is 258. The first-order valence-electron chi connectivity index (χ1n) is 2.90. The molecule has 1 aromatic rings. The maximum Gasteiger partial charge on any atom is 0.311 e. The number of nitrogens with zero attached hydrogens (tertiary/aromatic N) is 1. The molecular formula is C6H6ClNO3. The van der Waals surface area contributed by atoms with E-state index in [9.17, 15) is 4.79 Å². The zero-order valence-corrected chi connectivity index (χ0v) is 6.59. The van der Waals surface area contributed by atoms with Gasteiger partial charge in [-0.05, 0) is 11.6 Å². The van der Waals surface area contributed by atoms with Gasteiger partial charge in [0.2, 0.25) is 5.22 Å². The summed E-state index contributed by atoms with van der Waals surface area (Å²) in [7, 11) is 1.31. The number of halogens is 1. The van der Waals surface area contributed by atoms with Crippen LogP contribution in [0.4, 0.5) is 0 Å². The van der Waals surface area contributed by atoms with E-state index in [-0.39, 0.29) is 17.6 Å². The van der Waals surface area contributed by atoms with Crippen LogP contribution in [0, 0.1) is 0 Å². The molecule has 1 rings (SSSR count). The van der Waals surface area contributed by atoms with Crippen LogP contribution >= 0.6 is 11.6 Å². The van der Waals surface area contributed by atoms with Gasteiger partial charge in [0.25, 0.3) is 0 Å². The molecule has 0 saturated heterocycles. The zero-order chi connectivity index (χ0) is 8.27. The van der Waals surface area contributed by atoms with Crippen molar-refractivity contribution in [3.63, 3.8) is 0 Å². The second-order valence-corrected chi connectivity index (χ2v) is 2.25. The summed E-state index contributed by atoms with van der Waals surface area (Å²) in [6.45, 7) is 0. The van der Waals surface area contributed by atoms with Crippen LogP contribution in [0.3, 0.4) is 0 Å². The summed E-state index contributed by atoms with van der Waals surface area (Å²) < 4.78 is 8.92. The van der Waals surface area contributed by atoms with Gasteiger partial charge in [-0.3, -0.25) is 4.79 Å². The highest BCUT2D eigenvalue weighted by Crippen LogP contribution is 2.09. The Balaban J connectivity index is 2.57. The van der Waals surface area contributed by atoms with Crippen molar-refractivity contribution in [2.24, 2.45) is 0 Å². The lowest BCUT2D eigenvalue weighted by Gasteiger charge is -1.91. The molecule has 5 heteroatoms. The Morgan fingerprint density at radius 1 is 1.91 bits per heavy atom. The molecule has 0 amide bonds. The summed E-state index contributed by atoms with van der Waals surface area (Å²) in [5, 5.41) is 3.67. The highest BCUT2D eigenvalue weighted by molar-refractivity contribution is 6.28. The molecule has 0 atom stereocenters. The van der Waals surface area contributed by atoms with Gasteiger partial charge < -0.3 is 9.26 Å². The smallest absolute Gasteiger partial charge is 0.311 e. The van der Waals surface area contributed by atoms with Gasteiger partial charge in [0, 0.05) is 6.07 Å². The van der Waals surface area contributed by atoms with Crippen molar-refractivity contribution in [1.82, 2.24) is 5.16 Å². The quantitative estimate of drug-likeness (QED) is 0.631. The van der Waals surface area contributed by atoms with Crippen molar-refractivity contribution in [2.75, 3.05) is 7.11 Å². The van der Waals surface area contributed by atoms with Crippen LogP contribution in [0.15, 0.2) is 10.6 Å². The van der Waals surface area contributed by atoms with E-state index < -0.39 is 0 Å². The van der Waals surface area contributed by atoms with E-state index in [0.29, 0.717) is 5.69 Å². The number of aromatic nitrogens is 1. The molecule has 0 aliphatic rings. The SMILES string of the molecule is COC(=O)Cc1cc(Cl)on1. The highest BCUT2D eigenvalue weighted by atomic mass is 35.5. The summed E-state index contributed by atoms with van der Waals surface area (Å²) in [6.07, 6.45) is 0.0900. The topological polar surface area (TPSA) is 52.3 Å². The third kappa shape index (κ3) is 2.23. The lowest BCUT2D eigenvalue weighted by atomic mass is 10.3. The Hall–Kier alpha value is -1.03. The number of ether oxygens (including phenoxy) is 1. The summed E-state index contributed by atoms with van der Waals surface area (Å²) in [5.41, 5.74) is 0.474. The molecule has 1 aromatic heterocycles. The molecule has 0 aromatic carbocycles. The van der Waals surface area contributed by atoms with E-state index in [1.54, 1.807) is 0 Å². The average Bonchev–Trinajstić information content (AvgIpc) is 2.35. The van der Waals surface area contributed by atoms with Crippen molar-refractivity contribution in [2.45, 2.75) is 6.42 Å². The second-order valence-electron chi connectivity index (χ2n) is 1.88. The second kappa shape index (κ2) is 3.39. The fourth-order valence-corrected chi connectivity index (χ4v) is 0.750. The minimum atomic E-state index is -0.366. The minimum absolute atomic E-state index is 0.0900. The summed E-state index contributed by atoms with van der Waals surface area (Å²) >= 11 is 5.41. The van der Waals surface area contributed by atoms with Gasteiger partial charge in [0.05, 0.1) is 19.2 Å². The molecule has 0 aliphatic carbocycles. The van der Waals surface area contributed by atoms with Gasteiger partial charge in [0.1, 0.15) is 0 Å². The third-order valence-corrected chi connectivity index (χ3v) is 1.26.